The zero-order valence-electron chi connectivity index (χ0n) is 12.6. The first-order valence-corrected chi connectivity index (χ1v) is 11.7. The van der Waals surface area contributed by atoms with Crippen LogP contribution in [0.25, 0.3) is 0 Å². The molecule has 0 spiro atoms. The Bertz CT molecular complexity index is 588. The van der Waals surface area contributed by atoms with Gasteiger partial charge in [0.2, 0.25) is 0 Å². The third-order valence-electron chi connectivity index (χ3n) is 4.00. The van der Waals surface area contributed by atoms with Gasteiger partial charge in [-0.25, -0.2) is 0 Å². The summed E-state index contributed by atoms with van der Waals surface area (Å²) in [4.78, 5) is 0. The van der Waals surface area contributed by atoms with E-state index in [0.29, 0.717) is 0 Å². The number of hydrogen-bond acceptors (Lipinski definition) is 0. The Morgan fingerprint density at radius 1 is 0.545 bits per heavy atom. The van der Waals surface area contributed by atoms with Gasteiger partial charge in [-0.3, -0.25) is 0 Å². The van der Waals surface area contributed by atoms with Crippen molar-refractivity contribution in [2.75, 3.05) is 6.66 Å². The van der Waals surface area contributed by atoms with Crippen molar-refractivity contribution in [1.82, 2.24) is 0 Å². The summed E-state index contributed by atoms with van der Waals surface area (Å²) in [5.74, 6) is 0. The van der Waals surface area contributed by atoms with Gasteiger partial charge in [-0.05, 0) is 0 Å². The maximum absolute atomic E-state index is 2.36. The fourth-order valence-corrected chi connectivity index (χ4v) is 11.0. The van der Waals surface area contributed by atoms with Crippen LogP contribution in [0.5, 0.6) is 0 Å². The molecular formula is C19H21BrP2. The van der Waals surface area contributed by atoms with Gasteiger partial charge >= 0.3 is 129 Å². The van der Waals surface area contributed by atoms with Crippen LogP contribution in [0.15, 0.2) is 91.0 Å². The Balaban J connectivity index is 0.00000176. The van der Waals surface area contributed by atoms with Crippen LogP contribution in [0, 0.1) is 0 Å². The number of rotatable bonds is 4. The van der Waals surface area contributed by atoms with Gasteiger partial charge in [0.05, 0.1) is 0 Å². The van der Waals surface area contributed by atoms with E-state index in [2.05, 4.69) is 97.7 Å². The summed E-state index contributed by atoms with van der Waals surface area (Å²) in [6.07, 6.45) is 0. The van der Waals surface area contributed by atoms with E-state index in [4.69, 9.17) is 0 Å². The van der Waals surface area contributed by atoms with E-state index < -0.39 is 6.95 Å². The molecule has 0 nitrogen and oxygen atoms in total. The summed E-state index contributed by atoms with van der Waals surface area (Å²) in [6.45, 7) is 0.490. The van der Waals surface area contributed by atoms with Crippen LogP contribution in [0.1, 0.15) is 0 Å². The van der Waals surface area contributed by atoms with E-state index in [-0.39, 0.29) is 17.0 Å². The van der Waals surface area contributed by atoms with Crippen molar-refractivity contribution >= 4 is 48.1 Å². The molecule has 0 aliphatic rings. The summed E-state index contributed by atoms with van der Waals surface area (Å²) in [5.41, 5.74) is 0. The quantitative estimate of drug-likeness (QED) is 0.574. The Morgan fingerprint density at radius 3 is 1.05 bits per heavy atom. The van der Waals surface area contributed by atoms with Crippen LogP contribution < -0.4 is 15.9 Å². The van der Waals surface area contributed by atoms with Crippen molar-refractivity contribution in [3.8, 4) is 0 Å². The van der Waals surface area contributed by atoms with Gasteiger partial charge in [0.15, 0.2) is 0 Å². The maximum atomic E-state index is 2.36. The van der Waals surface area contributed by atoms with Crippen molar-refractivity contribution in [1.29, 1.82) is 0 Å². The Kier molecular flexibility index (Phi) is 6.33. The van der Waals surface area contributed by atoms with Crippen molar-refractivity contribution < 1.29 is 0 Å². The summed E-state index contributed by atoms with van der Waals surface area (Å²) in [5, 5.41) is 4.51. The molecule has 0 radical (unpaired) electrons. The van der Waals surface area contributed by atoms with Gasteiger partial charge in [0.1, 0.15) is 0 Å². The zero-order valence-corrected chi connectivity index (χ0v) is 16.3. The molecule has 3 aromatic rings. The van der Waals surface area contributed by atoms with E-state index in [1.54, 1.807) is 0 Å². The van der Waals surface area contributed by atoms with Gasteiger partial charge in [-0.15, -0.1) is 17.0 Å². The van der Waals surface area contributed by atoms with Crippen molar-refractivity contribution in [2.24, 2.45) is 0 Å². The molecule has 0 bridgehead atoms. The number of halogens is 1. The third kappa shape index (κ3) is 3.18. The first kappa shape index (κ1) is 17.4. The van der Waals surface area contributed by atoms with Crippen molar-refractivity contribution in [2.45, 2.75) is 0 Å². The Labute approximate surface area is 145 Å². The molecule has 0 heterocycles. The SMILES string of the molecule is Br.CP[PH](c1ccccc1)(c1ccccc1)c1ccccc1. The summed E-state index contributed by atoms with van der Waals surface area (Å²) < 4.78 is 0. The summed E-state index contributed by atoms with van der Waals surface area (Å²) >= 11 is 0. The molecule has 0 aromatic heterocycles. The average Bonchev–Trinajstić information content (AvgIpc) is 2.59. The topological polar surface area (TPSA) is 0 Å². The molecule has 22 heavy (non-hydrogen) atoms. The first-order chi connectivity index (χ1) is 10.4. The molecule has 0 saturated carbocycles. The molecule has 3 heteroatoms. The monoisotopic (exact) mass is 390 g/mol. The van der Waals surface area contributed by atoms with Crippen LogP contribution in [0.3, 0.4) is 0 Å². The molecule has 114 valence electrons. The summed E-state index contributed by atoms with van der Waals surface area (Å²) in [6, 6.07) is 33.2. The van der Waals surface area contributed by atoms with E-state index in [0.717, 1.165) is 8.27 Å². The molecule has 0 aliphatic heterocycles. The predicted molar refractivity (Wildman–Crippen MR) is 111 cm³/mol. The fourth-order valence-electron chi connectivity index (χ4n) is 3.00. The van der Waals surface area contributed by atoms with Crippen LogP contribution in [-0.2, 0) is 0 Å². The van der Waals surface area contributed by atoms with E-state index in [1.807, 2.05) is 0 Å². The Hall–Kier alpha value is -1.00. The molecule has 0 aliphatic carbocycles. The number of benzene rings is 3. The van der Waals surface area contributed by atoms with Crippen LogP contribution >= 0.6 is 32.2 Å². The predicted octanol–water partition coefficient (Wildman–Crippen LogP) is 4.51. The van der Waals surface area contributed by atoms with Crippen LogP contribution in [-0.4, -0.2) is 6.66 Å². The van der Waals surface area contributed by atoms with E-state index >= 15 is 0 Å². The standard InChI is InChI=1S/C19H20P2.BrH/c1-20-21(17-11-5-2-6-12-17,18-13-7-3-8-14-18)19-15-9-4-10-16-19;/h2-16,20-21H,1H3;1H. The second-order valence-electron chi connectivity index (χ2n) is 5.10. The molecule has 1 unspecified atom stereocenters. The molecule has 3 rings (SSSR count). The second-order valence-corrected chi connectivity index (χ2v) is 12.6. The minimum atomic E-state index is -1.87. The zero-order chi connectivity index (χ0) is 14.5. The molecule has 0 saturated heterocycles. The van der Waals surface area contributed by atoms with E-state index in [1.165, 1.54) is 15.9 Å². The molecule has 1 atom stereocenters. The van der Waals surface area contributed by atoms with Crippen molar-refractivity contribution in [3.05, 3.63) is 91.0 Å². The van der Waals surface area contributed by atoms with Crippen molar-refractivity contribution in [3.63, 3.8) is 0 Å². The van der Waals surface area contributed by atoms with Gasteiger partial charge in [0, 0.05) is 0 Å². The molecule has 0 amide bonds. The first-order valence-electron chi connectivity index (χ1n) is 7.23. The minimum absolute atomic E-state index is 0. The molecular weight excluding hydrogens is 370 g/mol. The van der Waals surface area contributed by atoms with Gasteiger partial charge in [-0.2, -0.15) is 0 Å². The van der Waals surface area contributed by atoms with Gasteiger partial charge in [-0.1, -0.05) is 0 Å². The number of hydrogen-bond donors (Lipinski definition) is 0. The Morgan fingerprint density at radius 2 is 0.818 bits per heavy atom. The molecule has 0 N–H and O–H groups in total. The van der Waals surface area contributed by atoms with Crippen LogP contribution in [0.4, 0.5) is 0 Å². The summed E-state index contributed by atoms with van der Waals surface area (Å²) in [7, 11) is 0.890. The average molecular weight is 391 g/mol. The molecule has 3 aromatic carbocycles. The van der Waals surface area contributed by atoms with E-state index in [9.17, 15) is 0 Å². The van der Waals surface area contributed by atoms with Gasteiger partial charge < -0.3 is 0 Å². The fraction of sp³-hybridized carbons (Fsp3) is 0.0526. The normalized spacial score (nSPS) is 12.0. The third-order valence-corrected chi connectivity index (χ3v) is 13.2. The second kappa shape index (κ2) is 8.02. The molecule has 0 fully saturated rings. The van der Waals surface area contributed by atoms with Crippen LogP contribution in [0.2, 0.25) is 0 Å². The van der Waals surface area contributed by atoms with Gasteiger partial charge in [0.25, 0.3) is 0 Å².